The molecule has 0 spiro atoms. The van der Waals surface area contributed by atoms with E-state index in [2.05, 4.69) is 44.3 Å². The molecule has 0 heterocycles. The molecule has 0 radical (unpaired) electrons. The smallest absolute Gasteiger partial charge is 0.305 e. The zero-order valence-corrected chi connectivity index (χ0v) is 24.2. The van der Waals surface area contributed by atoms with Gasteiger partial charge in [0.2, 0.25) is 0 Å². The Bertz CT molecular complexity index is 667. The van der Waals surface area contributed by atoms with E-state index < -0.39 is 0 Å². The van der Waals surface area contributed by atoms with Gasteiger partial charge in [-0.25, -0.2) is 0 Å². The standard InChI is InChI=1S/C30H53NO3.ClH/c1-6-30(4,28-23-22-27(33-5)25-26(28)3)31-24-20-18-16-14-12-10-8-9-11-13-15-17-19-21-29(32)34-7-2;/h22-23,25,31H,6-21,24H2,1-5H3;1H. The number of carbonyl (C=O) groups excluding carboxylic acids is 1. The van der Waals surface area contributed by atoms with E-state index in [1.807, 2.05) is 6.92 Å². The summed E-state index contributed by atoms with van der Waals surface area (Å²) in [6, 6.07) is 6.43. The molecule has 1 aromatic rings. The lowest BCUT2D eigenvalue weighted by Crippen LogP contribution is -2.40. The minimum Gasteiger partial charge on any atom is -0.497 e. The van der Waals surface area contributed by atoms with Crippen molar-refractivity contribution in [3.8, 4) is 5.75 Å². The zero-order chi connectivity index (χ0) is 25.1. The number of aryl methyl sites for hydroxylation is 1. The average molecular weight is 512 g/mol. The first kappa shape index (κ1) is 33.7. The zero-order valence-electron chi connectivity index (χ0n) is 23.4. The molecule has 0 saturated heterocycles. The molecule has 1 rings (SSSR count). The summed E-state index contributed by atoms with van der Waals surface area (Å²) >= 11 is 0. The van der Waals surface area contributed by atoms with E-state index >= 15 is 0 Å². The number of ether oxygens (including phenoxy) is 2. The monoisotopic (exact) mass is 511 g/mol. The molecule has 0 bridgehead atoms. The minimum atomic E-state index is -0.0400. The molecular weight excluding hydrogens is 458 g/mol. The lowest BCUT2D eigenvalue weighted by Gasteiger charge is -2.32. The van der Waals surface area contributed by atoms with Crippen LogP contribution in [0.2, 0.25) is 0 Å². The van der Waals surface area contributed by atoms with Crippen molar-refractivity contribution in [2.24, 2.45) is 0 Å². The molecule has 0 fully saturated rings. The van der Waals surface area contributed by atoms with Crippen molar-refractivity contribution in [2.45, 2.75) is 130 Å². The SMILES string of the molecule is CCOC(=O)CCCCCCCCCCCCCCCNC(C)(CC)c1ccc(OC)cc1C.Cl. The van der Waals surface area contributed by atoms with Crippen LogP contribution in [0.1, 0.15) is 128 Å². The molecule has 5 heteroatoms. The highest BCUT2D eigenvalue weighted by atomic mass is 35.5. The topological polar surface area (TPSA) is 47.6 Å². The largest absolute Gasteiger partial charge is 0.497 e. The number of unbranched alkanes of at least 4 members (excludes halogenated alkanes) is 12. The first-order valence-corrected chi connectivity index (χ1v) is 14.0. The molecule has 0 aliphatic heterocycles. The second-order valence-corrected chi connectivity index (χ2v) is 9.94. The molecule has 0 saturated carbocycles. The van der Waals surface area contributed by atoms with Crippen molar-refractivity contribution >= 4 is 18.4 Å². The maximum absolute atomic E-state index is 11.3. The van der Waals surface area contributed by atoms with E-state index in [1.54, 1.807) is 7.11 Å². The van der Waals surface area contributed by atoms with Crippen LogP contribution < -0.4 is 10.1 Å². The average Bonchev–Trinajstić information content (AvgIpc) is 2.83. The first-order chi connectivity index (χ1) is 16.5. The molecule has 0 aliphatic rings. The van der Waals surface area contributed by atoms with Crippen LogP contribution in [0, 0.1) is 6.92 Å². The molecule has 1 unspecified atom stereocenters. The summed E-state index contributed by atoms with van der Waals surface area (Å²) < 4.78 is 10.3. The summed E-state index contributed by atoms with van der Waals surface area (Å²) in [5, 5.41) is 3.83. The molecule has 35 heavy (non-hydrogen) atoms. The summed E-state index contributed by atoms with van der Waals surface area (Å²) in [5.41, 5.74) is 2.70. The van der Waals surface area contributed by atoms with Gasteiger partial charge in [0.15, 0.2) is 0 Å². The fraction of sp³-hybridized carbons (Fsp3) is 0.767. The van der Waals surface area contributed by atoms with Crippen molar-refractivity contribution in [2.75, 3.05) is 20.3 Å². The molecular formula is C30H54ClNO3. The van der Waals surface area contributed by atoms with Crippen molar-refractivity contribution in [3.05, 3.63) is 29.3 Å². The van der Waals surface area contributed by atoms with E-state index in [-0.39, 0.29) is 23.9 Å². The van der Waals surface area contributed by atoms with Crippen LogP contribution in [0.3, 0.4) is 0 Å². The molecule has 4 nitrogen and oxygen atoms in total. The number of methoxy groups -OCH3 is 1. The summed E-state index contributed by atoms with van der Waals surface area (Å²) in [4.78, 5) is 11.3. The number of rotatable bonds is 21. The first-order valence-electron chi connectivity index (χ1n) is 14.0. The summed E-state index contributed by atoms with van der Waals surface area (Å²) in [6.45, 7) is 10.2. The lowest BCUT2D eigenvalue weighted by atomic mass is 9.86. The molecule has 1 atom stereocenters. The maximum atomic E-state index is 11.3. The van der Waals surface area contributed by atoms with Crippen molar-refractivity contribution < 1.29 is 14.3 Å². The fourth-order valence-electron chi connectivity index (χ4n) is 4.73. The van der Waals surface area contributed by atoms with Gasteiger partial charge in [-0.3, -0.25) is 4.79 Å². The molecule has 204 valence electrons. The fourth-order valence-corrected chi connectivity index (χ4v) is 4.73. The van der Waals surface area contributed by atoms with E-state index in [0.29, 0.717) is 13.0 Å². The second-order valence-electron chi connectivity index (χ2n) is 9.94. The summed E-state index contributed by atoms with van der Waals surface area (Å²) in [7, 11) is 1.73. The number of hydrogen-bond donors (Lipinski definition) is 1. The third kappa shape index (κ3) is 14.8. The number of halogens is 1. The van der Waals surface area contributed by atoms with Crippen molar-refractivity contribution in [1.29, 1.82) is 0 Å². The Balaban J connectivity index is 0.0000116. The van der Waals surface area contributed by atoms with Gasteiger partial charge in [0.1, 0.15) is 5.75 Å². The Morgan fingerprint density at radius 3 is 1.83 bits per heavy atom. The third-order valence-electron chi connectivity index (χ3n) is 7.11. The number of esters is 1. The Hall–Kier alpha value is -1.26. The summed E-state index contributed by atoms with van der Waals surface area (Å²) in [6.07, 6.45) is 18.5. The predicted molar refractivity (Wildman–Crippen MR) is 152 cm³/mol. The maximum Gasteiger partial charge on any atom is 0.305 e. The van der Waals surface area contributed by atoms with Gasteiger partial charge >= 0.3 is 5.97 Å². The molecule has 0 aromatic heterocycles. The molecule has 0 aliphatic carbocycles. The predicted octanol–water partition coefficient (Wildman–Crippen LogP) is 8.66. The van der Waals surface area contributed by atoms with Crippen molar-refractivity contribution in [1.82, 2.24) is 5.32 Å². The van der Waals surface area contributed by atoms with Gasteiger partial charge in [0.05, 0.1) is 13.7 Å². The Morgan fingerprint density at radius 2 is 1.37 bits per heavy atom. The van der Waals surface area contributed by atoms with Gasteiger partial charge in [-0.15, -0.1) is 12.4 Å². The molecule has 0 amide bonds. The minimum absolute atomic E-state index is 0. The van der Waals surface area contributed by atoms with Gasteiger partial charge in [-0.2, -0.15) is 0 Å². The van der Waals surface area contributed by atoms with Gasteiger partial charge < -0.3 is 14.8 Å². The Labute approximate surface area is 222 Å². The van der Waals surface area contributed by atoms with Gasteiger partial charge in [-0.05, 0) is 69.8 Å². The number of carbonyl (C=O) groups is 1. The van der Waals surface area contributed by atoms with Crippen LogP contribution in [-0.4, -0.2) is 26.2 Å². The van der Waals surface area contributed by atoms with Crippen LogP contribution in [0.25, 0.3) is 0 Å². The number of hydrogen-bond acceptors (Lipinski definition) is 4. The second kappa shape index (κ2) is 20.9. The number of nitrogens with one attached hydrogen (secondary N) is 1. The third-order valence-corrected chi connectivity index (χ3v) is 7.11. The van der Waals surface area contributed by atoms with Crippen LogP contribution in [0.5, 0.6) is 5.75 Å². The normalized spacial score (nSPS) is 12.6. The number of benzene rings is 1. The molecule has 1 N–H and O–H groups in total. The van der Waals surface area contributed by atoms with Gasteiger partial charge in [0.25, 0.3) is 0 Å². The Kier molecular flexibility index (Phi) is 20.1. The quantitative estimate of drug-likeness (QED) is 0.132. The van der Waals surface area contributed by atoms with E-state index in [9.17, 15) is 4.79 Å². The van der Waals surface area contributed by atoms with E-state index in [0.717, 1.165) is 31.6 Å². The van der Waals surface area contributed by atoms with E-state index in [1.165, 1.54) is 81.8 Å². The summed E-state index contributed by atoms with van der Waals surface area (Å²) in [5.74, 6) is 0.893. The van der Waals surface area contributed by atoms with Gasteiger partial charge in [-0.1, -0.05) is 83.6 Å². The molecule has 1 aromatic carbocycles. The van der Waals surface area contributed by atoms with Crippen LogP contribution in [0.15, 0.2) is 18.2 Å². The van der Waals surface area contributed by atoms with Crippen molar-refractivity contribution in [3.63, 3.8) is 0 Å². The van der Waals surface area contributed by atoms with Crippen LogP contribution in [0.4, 0.5) is 0 Å². The van der Waals surface area contributed by atoms with Crippen LogP contribution in [-0.2, 0) is 15.1 Å². The van der Waals surface area contributed by atoms with E-state index in [4.69, 9.17) is 9.47 Å². The lowest BCUT2D eigenvalue weighted by molar-refractivity contribution is -0.143. The highest BCUT2D eigenvalue weighted by Crippen LogP contribution is 2.30. The van der Waals surface area contributed by atoms with Crippen LogP contribution >= 0.6 is 12.4 Å². The highest BCUT2D eigenvalue weighted by Gasteiger charge is 2.25. The van der Waals surface area contributed by atoms with Gasteiger partial charge in [0, 0.05) is 12.0 Å². The Morgan fingerprint density at radius 1 is 0.857 bits per heavy atom. The highest BCUT2D eigenvalue weighted by molar-refractivity contribution is 5.85.